The second-order valence-corrected chi connectivity index (χ2v) is 4.36. The smallest absolute Gasteiger partial charge is 0.416 e. The molecule has 0 unspecified atom stereocenters. The number of rotatable bonds is 4. The third-order valence-corrected chi connectivity index (χ3v) is 2.19. The van der Waals surface area contributed by atoms with Crippen molar-refractivity contribution in [2.75, 3.05) is 11.9 Å². The zero-order chi connectivity index (χ0) is 14.7. The van der Waals surface area contributed by atoms with Crippen LogP contribution in [-0.4, -0.2) is 17.1 Å². The lowest BCUT2D eigenvalue weighted by Crippen LogP contribution is -2.26. The molecule has 1 rings (SSSR count). The molecule has 0 aliphatic carbocycles. The third-order valence-electron chi connectivity index (χ3n) is 2.19. The lowest BCUT2D eigenvalue weighted by Gasteiger charge is -2.20. The summed E-state index contributed by atoms with van der Waals surface area (Å²) >= 11 is 0. The fourth-order valence-electron chi connectivity index (χ4n) is 1.28. The summed E-state index contributed by atoms with van der Waals surface area (Å²) in [6, 6.07) is 1.76. The molecule has 0 amide bonds. The van der Waals surface area contributed by atoms with E-state index < -0.39 is 17.3 Å². The minimum atomic E-state index is -4.47. The molecule has 1 heterocycles. The van der Waals surface area contributed by atoms with Gasteiger partial charge >= 0.3 is 6.18 Å². The second kappa shape index (κ2) is 5.39. The number of anilines is 1. The Balaban J connectivity index is 3.18. The van der Waals surface area contributed by atoms with Gasteiger partial charge < -0.3 is 10.1 Å². The van der Waals surface area contributed by atoms with E-state index in [1.54, 1.807) is 20.8 Å². The van der Waals surface area contributed by atoms with Crippen molar-refractivity contribution in [3.8, 4) is 18.2 Å². The van der Waals surface area contributed by atoms with Gasteiger partial charge in [-0.2, -0.15) is 18.2 Å². The van der Waals surface area contributed by atoms with Crippen LogP contribution < -0.4 is 10.1 Å². The van der Waals surface area contributed by atoms with Gasteiger partial charge in [0.2, 0.25) is 5.88 Å². The van der Waals surface area contributed by atoms with Crippen LogP contribution in [0.25, 0.3) is 0 Å². The van der Waals surface area contributed by atoms with E-state index in [-0.39, 0.29) is 11.7 Å². The fraction of sp³-hybridized carbons (Fsp3) is 0.462. The quantitative estimate of drug-likeness (QED) is 0.854. The van der Waals surface area contributed by atoms with E-state index in [0.29, 0.717) is 6.54 Å². The van der Waals surface area contributed by atoms with Gasteiger partial charge in [0.1, 0.15) is 5.82 Å². The molecule has 3 nitrogen and oxygen atoms in total. The second-order valence-electron chi connectivity index (χ2n) is 4.36. The summed E-state index contributed by atoms with van der Waals surface area (Å²) in [6.45, 7) is 5.35. The Labute approximate surface area is 110 Å². The summed E-state index contributed by atoms with van der Waals surface area (Å²) < 4.78 is 43.5. The molecule has 0 aliphatic rings. The van der Waals surface area contributed by atoms with Gasteiger partial charge in [-0.15, -0.1) is 6.42 Å². The third kappa shape index (κ3) is 4.36. The van der Waals surface area contributed by atoms with Crippen molar-refractivity contribution >= 4 is 5.82 Å². The summed E-state index contributed by atoms with van der Waals surface area (Å²) in [5, 5.41) is 2.72. The number of nitrogens with one attached hydrogen (secondary N) is 1. The standard InChI is InChI=1S/C13H15F3N2O/c1-5-12(3,4)19-11-8-9(13(14,15)16)7-10(18-11)17-6-2/h1,7-8H,6H2,2-4H3,(H,17,18). The number of pyridine rings is 1. The average Bonchev–Trinajstić information content (AvgIpc) is 2.27. The number of terminal acetylenes is 1. The Kier molecular flexibility index (Phi) is 4.30. The number of nitrogens with zero attached hydrogens (tertiary/aromatic N) is 1. The zero-order valence-electron chi connectivity index (χ0n) is 10.9. The van der Waals surface area contributed by atoms with E-state index in [1.165, 1.54) is 0 Å². The fourth-order valence-corrected chi connectivity index (χ4v) is 1.28. The molecule has 6 heteroatoms. The highest BCUT2D eigenvalue weighted by atomic mass is 19.4. The Bertz CT molecular complexity index is 490. The minimum Gasteiger partial charge on any atom is -0.458 e. The number of ether oxygens (including phenoxy) is 1. The van der Waals surface area contributed by atoms with Gasteiger partial charge in [0.25, 0.3) is 0 Å². The van der Waals surface area contributed by atoms with Gasteiger partial charge in [0, 0.05) is 12.6 Å². The molecule has 0 atom stereocenters. The topological polar surface area (TPSA) is 34.1 Å². The predicted octanol–water partition coefficient (Wildman–Crippen LogP) is 3.32. The van der Waals surface area contributed by atoms with Crippen molar-refractivity contribution in [3.63, 3.8) is 0 Å². The summed E-state index contributed by atoms with van der Waals surface area (Å²) in [4.78, 5) is 3.94. The highest BCUT2D eigenvalue weighted by Gasteiger charge is 2.32. The lowest BCUT2D eigenvalue weighted by molar-refractivity contribution is -0.137. The van der Waals surface area contributed by atoms with Crippen LogP contribution in [0.2, 0.25) is 0 Å². The van der Waals surface area contributed by atoms with Crippen LogP contribution in [0, 0.1) is 12.3 Å². The predicted molar refractivity (Wildman–Crippen MR) is 66.9 cm³/mol. The molecule has 1 aromatic rings. The Morgan fingerprint density at radius 2 is 2.00 bits per heavy atom. The average molecular weight is 272 g/mol. The molecule has 19 heavy (non-hydrogen) atoms. The van der Waals surface area contributed by atoms with Crippen molar-refractivity contribution in [1.82, 2.24) is 4.98 Å². The first-order chi connectivity index (χ1) is 8.68. The van der Waals surface area contributed by atoms with Crippen LogP contribution in [0.1, 0.15) is 26.3 Å². The maximum absolute atomic E-state index is 12.8. The van der Waals surface area contributed by atoms with Crippen LogP contribution in [0.5, 0.6) is 5.88 Å². The molecule has 1 N–H and O–H groups in total. The first kappa shape index (κ1) is 15.2. The number of alkyl halides is 3. The normalized spacial score (nSPS) is 11.8. The Hall–Kier alpha value is -1.90. The molecule has 0 saturated heterocycles. The molecule has 0 bridgehead atoms. The monoisotopic (exact) mass is 272 g/mol. The van der Waals surface area contributed by atoms with E-state index in [1.807, 2.05) is 0 Å². The zero-order valence-corrected chi connectivity index (χ0v) is 10.9. The highest BCUT2D eigenvalue weighted by molar-refractivity contribution is 5.42. The first-order valence-electron chi connectivity index (χ1n) is 5.68. The van der Waals surface area contributed by atoms with E-state index in [0.717, 1.165) is 12.1 Å². The van der Waals surface area contributed by atoms with Crippen LogP contribution in [0.15, 0.2) is 12.1 Å². The van der Waals surface area contributed by atoms with Crippen LogP contribution >= 0.6 is 0 Å². The van der Waals surface area contributed by atoms with Crippen molar-refractivity contribution < 1.29 is 17.9 Å². The van der Waals surface area contributed by atoms with E-state index >= 15 is 0 Å². The van der Waals surface area contributed by atoms with E-state index in [9.17, 15) is 13.2 Å². The molecule has 0 spiro atoms. The van der Waals surface area contributed by atoms with Crippen molar-refractivity contribution in [1.29, 1.82) is 0 Å². The van der Waals surface area contributed by atoms with Gasteiger partial charge in [-0.3, -0.25) is 0 Å². The van der Waals surface area contributed by atoms with Crippen LogP contribution in [0.3, 0.4) is 0 Å². The van der Waals surface area contributed by atoms with Gasteiger partial charge in [-0.1, -0.05) is 5.92 Å². The summed E-state index contributed by atoms with van der Waals surface area (Å²) in [6.07, 6.45) is 0.767. The number of halogens is 3. The van der Waals surface area contributed by atoms with Crippen molar-refractivity contribution in [3.05, 3.63) is 17.7 Å². The summed E-state index contributed by atoms with van der Waals surface area (Å²) in [5.41, 5.74) is -1.86. The first-order valence-corrected chi connectivity index (χ1v) is 5.68. The lowest BCUT2D eigenvalue weighted by atomic mass is 10.1. The number of aromatic nitrogens is 1. The maximum Gasteiger partial charge on any atom is 0.416 e. The summed E-state index contributed by atoms with van der Waals surface area (Å²) in [7, 11) is 0. The van der Waals surface area contributed by atoms with Crippen molar-refractivity contribution in [2.45, 2.75) is 32.5 Å². The van der Waals surface area contributed by atoms with Crippen LogP contribution in [-0.2, 0) is 6.18 Å². The van der Waals surface area contributed by atoms with Gasteiger partial charge in [0.05, 0.1) is 5.56 Å². The van der Waals surface area contributed by atoms with Gasteiger partial charge in [0.15, 0.2) is 5.60 Å². The maximum atomic E-state index is 12.8. The minimum absolute atomic E-state index is 0.0974. The molecule has 0 fully saturated rings. The SMILES string of the molecule is C#CC(C)(C)Oc1cc(C(F)(F)F)cc(NCC)n1. The number of hydrogen-bond acceptors (Lipinski definition) is 3. The van der Waals surface area contributed by atoms with Crippen LogP contribution in [0.4, 0.5) is 19.0 Å². The largest absolute Gasteiger partial charge is 0.458 e. The van der Waals surface area contributed by atoms with Gasteiger partial charge in [-0.25, -0.2) is 0 Å². The number of hydrogen-bond donors (Lipinski definition) is 1. The molecule has 0 saturated carbocycles. The Morgan fingerprint density at radius 1 is 1.37 bits per heavy atom. The molecule has 104 valence electrons. The van der Waals surface area contributed by atoms with E-state index in [2.05, 4.69) is 16.2 Å². The van der Waals surface area contributed by atoms with E-state index in [4.69, 9.17) is 11.2 Å². The molecule has 0 aromatic carbocycles. The Morgan fingerprint density at radius 3 is 2.47 bits per heavy atom. The summed E-state index contributed by atoms with van der Waals surface area (Å²) in [5.74, 6) is 2.27. The molecule has 0 aliphatic heterocycles. The molecular formula is C13H15F3N2O. The molecule has 0 radical (unpaired) electrons. The molecule has 1 aromatic heterocycles. The van der Waals surface area contributed by atoms with Crippen molar-refractivity contribution in [2.24, 2.45) is 0 Å². The molecular weight excluding hydrogens is 257 g/mol. The highest BCUT2D eigenvalue weighted by Crippen LogP contribution is 2.33. The van der Waals surface area contributed by atoms with Gasteiger partial charge in [-0.05, 0) is 26.8 Å².